The summed E-state index contributed by atoms with van der Waals surface area (Å²) in [6.07, 6.45) is 2.25. The normalized spacial score (nSPS) is 24.1. The molecule has 0 aromatic heterocycles. The Morgan fingerprint density at radius 2 is 1.53 bits per heavy atom. The van der Waals surface area contributed by atoms with E-state index in [1.54, 1.807) is 0 Å². The van der Waals surface area contributed by atoms with Gasteiger partial charge in [0.1, 0.15) is 0 Å². The molecule has 1 aliphatic carbocycles. The molecule has 0 saturated carbocycles. The van der Waals surface area contributed by atoms with Gasteiger partial charge in [0.2, 0.25) is 0 Å². The summed E-state index contributed by atoms with van der Waals surface area (Å²) in [7, 11) is 0. The molecule has 0 aliphatic heterocycles. The van der Waals surface area contributed by atoms with Crippen LogP contribution in [0.4, 0.5) is 0 Å². The predicted octanol–water partition coefficient (Wildman–Crippen LogP) is 4.34. The molecule has 0 nitrogen and oxygen atoms in total. The number of hydrogen-bond acceptors (Lipinski definition) is 0. The summed E-state index contributed by atoms with van der Waals surface area (Å²) in [5, 5.41) is 0. The molecule has 0 heterocycles. The third kappa shape index (κ3) is 1.71. The SMILES string of the molecule is [2H]c1c(C)cc2c(c1[2H])C(C)(C)CCC2(C)C. The van der Waals surface area contributed by atoms with Crippen LogP contribution >= 0.6 is 0 Å². The smallest absolute Gasteiger partial charge is 0.0590 e. The first-order valence-electron chi connectivity index (χ1n) is 6.78. The van der Waals surface area contributed by atoms with Gasteiger partial charge in [0.05, 0.1) is 2.74 Å². The van der Waals surface area contributed by atoms with E-state index in [1.165, 1.54) is 5.56 Å². The zero-order valence-electron chi connectivity index (χ0n) is 12.5. The van der Waals surface area contributed by atoms with Gasteiger partial charge in [0.25, 0.3) is 0 Å². The van der Waals surface area contributed by atoms with E-state index in [2.05, 4.69) is 33.8 Å². The molecule has 0 fully saturated rings. The first-order chi connectivity index (χ1) is 7.67. The Kier molecular flexibility index (Phi) is 1.73. The lowest BCUT2D eigenvalue weighted by Gasteiger charge is -2.42. The van der Waals surface area contributed by atoms with Crippen molar-refractivity contribution in [3.05, 3.63) is 34.8 Å². The third-order valence-electron chi connectivity index (χ3n) is 3.80. The summed E-state index contributed by atoms with van der Waals surface area (Å²) in [4.78, 5) is 0. The highest BCUT2D eigenvalue weighted by atomic mass is 14.4. The fourth-order valence-corrected chi connectivity index (χ4v) is 2.51. The number of aryl methyl sites for hydroxylation is 1. The van der Waals surface area contributed by atoms with Crippen LogP contribution in [-0.4, -0.2) is 0 Å². The Morgan fingerprint density at radius 3 is 2.13 bits per heavy atom. The summed E-state index contributed by atoms with van der Waals surface area (Å²) in [5.41, 5.74) is 3.49. The topological polar surface area (TPSA) is 0 Å². The molecule has 0 atom stereocenters. The van der Waals surface area contributed by atoms with Gasteiger partial charge in [0, 0.05) is 0 Å². The maximum atomic E-state index is 8.26. The van der Waals surface area contributed by atoms with E-state index in [0.29, 0.717) is 12.1 Å². The highest BCUT2D eigenvalue weighted by molar-refractivity contribution is 5.43. The van der Waals surface area contributed by atoms with Crippen molar-refractivity contribution in [1.29, 1.82) is 0 Å². The Morgan fingerprint density at radius 1 is 1.00 bits per heavy atom. The number of fused-ring (bicyclic) bond motifs is 1. The van der Waals surface area contributed by atoms with E-state index < -0.39 is 0 Å². The summed E-state index contributed by atoms with van der Waals surface area (Å²) >= 11 is 0. The van der Waals surface area contributed by atoms with Crippen molar-refractivity contribution < 1.29 is 2.74 Å². The maximum Gasteiger partial charge on any atom is 0.0626 e. The van der Waals surface area contributed by atoms with Gasteiger partial charge in [-0.2, -0.15) is 0 Å². The fourth-order valence-electron chi connectivity index (χ4n) is 2.51. The molecule has 0 saturated heterocycles. The van der Waals surface area contributed by atoms with E-state index in [9.17, 15) is 0 Å². The molecule has 1 aromatic carbocycles. The Balaban J connectivity index is 2.81. The van der Waals surface area contributed by atoms with Gasteiger partial charge < -0.3 is 0 Å². The minimum atomic E-state index is 0.0332. The lowest BCUT2D eigenvalue weighted by atomic mass is 9.63. The van der Waals surface area contributed by atoms with Crippen molar-refractivity contribution >= 4 is 0 Å². The van der Waals surface area contributed by atoms with Crippen LogP contribution in [0.2, 0.25) is 0 Å². The molecule has 0 amide bonds. The molecule has 0 unspecified atom stereocenters. The van der Waals surface area contributed by atoms with E-state index in [1.807, 2.05) is 6.92 Å². The van der Waals surface area contributed by atoms with E-state index in [4.69, 9.17) is 2.74 Å². The van der Waals surface area contributed by atoms with Crippen LogP contribution in [-0.2, 0) is 10.8 Å². The van der Waals surface area contributed by atoms with Gasteiger partial charge in [-0.05, 0) is 41.7 Å². The van der Waals surface area contributed by atoms with Crippen LogP contribution in [0.15, 0.2) is 18.2 Å². The monoisotopic (exact) mass is 204 g/mol. The molecule has 0 spiro atoms. The van der Waals surface area contributed by atoms with Crippen molar-refractivity contribution in [2.24, 2.45) is 0 Å². The van der Waals surface area contributed by atoms with Gasteiger partial charge in [0.15, 0.2) is 0 Å². The second-order valence-corrected chi connectivity index (χ2v) is 6.13. The molecule has 0 N–H and O–H groups in total. The van der Waals surface area contributed by atoms with E-state index in [0.717, 1.165) is 24.0 Å². The van der Waals surface area contributed by atoms with Crippen LogP contribution in [0.5, 0.6) is 0 Å². The van der Waals surface area contributed by atoms with Crippen LogP contribution in [0.25, 0.3) is 0 Å². The summed E-state index contributed by atoms with van der Waals surface area (Å²) in [6.45, 7) is 10.9. The zero-order chi connectivity index (χ0) is 13.0. The predicted molar refractivity (Wildman–Crippen MR) is 66.5 cm³/mol. The molecule has 15 heavy (non-hydrogen) atoms. The van der Waals surface area contributed by atoms with Crippen molar-refractivity contribution in [3.63, 3.8) is 0 Å². The van der Waals surface area contributed by atoms with Crippen LogP contribution < -0.4 is 0 Å². The largest absolute Gasteiger partial charge is 0.0626 e. The molecule has 0 heteroatoms. The van der Waals surface area contributed by atoms with Crippen molar-refractivity contribution in [3.8, 4) is 0 Å². The average Bonchev–Trinajstić information content (AvgIpc) is 2.21. The molecule has 1 aliphatic rings. The third-order valence-corrected chi connectivity index (χ3v) is 3.80. The first-order valence-corrected chi connectivity index (χ1v) is 5.78. The van der Waals surface area contributed by atoms with Gasteiger partial charge >= 0.3 is 0 Å². The quantitative estimate of drug-likeness (QED) is 0.589. The van der Waals surface area contributed by atoms with E-state index >= 15 is 0 Å². The average molecular weight is 204 g/mol. The van der Waals surface area contributed by atoms with Crippen molar-refractivity contribution in [2.45, 2.75) is 58.3 Å². The first kappa shape index (κ1) is 8.38. The van der Waals surface area contributed by atoms with Crippen LogP contribution in [0, 0.1) is 6.92 Å². The summed E-state index contributed by atoms with van der Waals surface area (Å²) < 4.78 is 16.3. The second kappa shape index (κ2) is 3.10. The number of rotatable bonds is 0. The van der Waals surface area contributed by atoms with Gasteiger partial charge in [-0.3, -0.25) is 0 Å². The molecular formula is C15H22. The lowest BCUT2D eigenvalue weighted by Crippen LogP contribution is -2.33. The number of benzene rings is 1. The van der Waals surface area contributed by atoms with Crippen LogP contribution in [0.3, 0.4) is 0 Å². The van der Waals surface area contributed by atoms with Gasteiger partial charge in [-0.1, -0.05) is 51.4 Å². The lowest BCUT2D eigenvalue weighted by molar-refractivity contribution is 0.331. The van der Waals surface area contributed by atoms with E-state index in [-0.39, 0.29) is 10.8 Å². The summed E-state index contributed by atoms with van der Waals surface area (Å²) in [5.74, 6) is 0. The molecule has 0 radical (unpaired) electrons. The molecule has 82 valence electrons. The second-order valence-electron chi connectivity index (χ2n) is 6.13. The maximum absolute atomic E-state index is 8.26. The highest BCUT2D eigenvalue weighted by Crippen LogP contribution is 2.45. The minimum Gasteiger partial charge on any atom is -0.0590 e. The minimum absolute atomic E-state index is 0.0332. The summed E-state index contributed by atoms with van der Waals surface area (Å²) in [6, 6.07) is 2.98. The van der Waals surface area contributed by atoms with Gasteiger partial charge in [-0.25, -0.2) is 0 Å². The van der Waals surface area contributed by atoms with Crippen molar-refractivity contribution in [1.82, 2.24) is 0 Å². The van der Waals surface area contributed by atoms with Crippen molar-refractivity contribution in [2.75, 3.05) is 0 Å². The van der Waals surface area contributed by atoms with Crippen LogP contribution in [0.1, 0.15) is 60.0 Å². The molecule has 2 rings (SSSR count). The van der Waals surface area contributed by atoms with Gasteiger partial charge in [-0.15, -0.1) is 0 Å². The Bertz CT molecular complexity index is 470. The Labute approximate surface area is 96.5 Å². The fraction of sp³-hybridized carbons (Fsp3) is 0.600. The highest BCUT2D eigenvalue weighted by Gasteiger charge is 2.36. The molecular weight excluding hydrogens is 180 g/mol. The standard InChI is InChI=1S/C15H22/c1-11-6-7-12-13(10-11)15(4,5)9-8-14(12,2)3/h6-7,10H,8-9H2,1-5H3/i6D,7D. The molecule has 1 aromatic rings. The molecule has 0 bridgehead atoms. The zero-order valence-corrected chi connectivity index (χ0v) is 10.5. The Hall–Kier alpha value is -0.780. The number of hydrogen-bond donors (Lipinski definition) is 0.